The molecule has 0 saturated carbocycles. The fourth-order valence-corrected chi connectivity index (χ4v) is 7.53. The number of methoxy groups -OCH3 is 1. The number of benzene rings is 2. The molecule has 0 amide bonds. The standard InChI is InChI=1S/C36H34F3N7O3/c1-3-24-28(37)8-7-21-14-23(49-20-47-2)15-25(31(21)24)33-32(39)34-26(35(42-33)46-13-9-22(46)17-45-12-5-10-41-45)16-40-36(43-34)48-19-27-29(38)18-44-11-4-6-30(27)44/h1,5,7-8,10,12,14-16,22,27,29-30H,4,6,9,11,13,17-20H2,2H3/t22-,27?,29?,30?/m1/s1. The minimum absolute atomic E-state index is 0.00915. The highest BCUT2D eigenvalue weighted by atomic mass is 19.1. The first-order valence-electron chi connectivity index (χ1n) is 16.4. The molecule has 5 aromatic rings. The number of nitrogens with zero attached hydrogens (tertiary/aromatic N) is 7. The molecule has 0 aliphatic carbocycles. The van der Waals surface area contributed by atoms with E-state index in [1.165, 1.54) is 19.4 Å². The summed E-state index contributed by atoms with van der Waals surface area (Å²) in [6, 6.07) is 8.01. The second-order valence-electron chi connectivity index (χ2n) is 12.8. The highest BCUT2D eigenvalue weighted by molar-refractivity contribution is 6.03. The van der Waals surface area contributed by atoms with Crippen LogP contribution in [0.25, 0.3) is 32.9 Å². The normalized spacial score (nSPS) is 22.0. The van der Waals surface area contributed by atoms with Crippen LogP contribution in [0, 0.1) is 29.9 Å². The fourth-order valence-electron chi connectivity index (χ4n) is 7.53. The van der Waals surface area contributed by atoms with E-state index in [1.54, 1.807) is 24.4 Å². The van der Waals surface area contributed by atoms with Crippen molar-refractivity contribution in [3.8, 4) is 35.4 Å². The van der Waals surface area contributed by atoms with Crippen molar-refractivity contribution in [3.05, 3.63) is 66.1 Å². The molecular formula is C36H34F3N7O3. The summed E-state index contributed by atoms with van der Waals surface area (Å²) in [5, 5.41) is 5.57. The average Bonchev–Trinajstić information content (AvgIpc) is 3.85. The number of fused-ring (bicyclic) bond motifs is 3. The average molecular weight is 670 g/mol. The van der Waals surface area contributed by atoms with Crippen LogP contribution in [0.5, 0.6) is 11.8 Å². The summed E-state index contributed by atoms with van der Waals surface area (Å²) < 4.78 is 65.8. The van der Waals surface area contributed by atoms with Gasteiger partial charge in [0.05, 0.1) is 30.1 Å². The van der Waals surface area contributed by atoms with Crippen molar-refractivity contribution >= 4 is 27.5 Å². The highest BCUT2D eigenvalue weighted by Gasteiger charge is 2.44. The Morgan fingerprint density at radius 3 is 2.78 bits per heavy atom. The lowest BCUT2D eigenvalue weighted by Gasteiger charge is -2.42. The molecule has 0 N–H and O–H groups in total. The Bertz CT molecular complexity index is 2070. The first-order valence-corrected chi connectivity index (χ1v) is 16.4. The quantitative estimate of drug-likeness (QED) is 0.144. The summed E-state index contributed by atoms with van der Waals surface area (Å²) in [5.41, 5.74) is 0.0807. The molecule has 3 aromatic heterocycles. The van der Waals surface area contributed by atoms with Gasteiger partial charge in [-0.2, -0.15) is 10.1 Å². The van der Waals surface area contributed by atoms with Crippen molar-refractivity contribution in [2.75, 3.05) is 45.0 Å². The molecule has 3 aliphatic heterocycles. The Hall–Kier alpha value is -4.93. The van der Waals surface area contributed by atoms with Crippen LogP contribution in [0.3, 0.4) is 0 Å². The number of hydrogen-bond donors (Lipinski definition) is 0. The predicted octanol–water partition coefficient (Wildman–Crippen LogP) is 5.37. The number of hydrogen-bond acceptors (Lipinski definition) is 9. The molecule has 3 fully saturated rings. The third-order valence-corrected chi connectivity index (χ3v) is 9.98. The van der Waals surface area contributed by atoms with Gasteiger partial charge in [-0.3, -0.25) is 9.58 Å². The molecule has 2 aromatic carbocycles. The molecule has 3 unspecified atom stereocenters. The van der Waals surface area contributed by atoms with Crippen molar-refractivity contribution in [1.29, 1.82) is 0 Å². The van der Waals surface area contributed by atoms with E-state index in [-0.39, 0.29) is 59.7 Å². The number of pyridine rings is 1. The zero-order chi connectivity index (χ0) is 33.6. The number of terminal acetylenes is 1. The minimum Gasteiger partial charge on any atom is -0.468 e. The van der Waals surface area contributed by atoms with E-state index in [9.17, 15) is 4.39 Å². The number of aromatic nitrogens is 5. The molecule has 8 rings (SSSR count). The maximum atomic E-state index is 17.0. The number of rotatable bonds is 10. The molecule has 13 heteroatoms. The summed E-state index contributed by atoms with van der Waals surface area (Å²) in [7, 11) is 1.49. The van der Waals surface area contributed by atoms with Gasteiger partial charge >= 0.3 is 6.01 Å². The smallest absolute Gasteiger partial charge is 0.317 e. The zero-order valence-corrected chi connectivity index (χ0v) is 26.9. The van der Waals surface area contributed by atoms with Gasteiger partial charge in [0, 0.05) is 61.7 Å². The Kier molecular flexibility index (Phi) is 8.21. The van der Waals surface area contributed by atoms with Gasteiger partial charge in [0.15, 0.2) is 12.6 Å². The molecule has 0 bridgehead atoms. The van der Waals surface area contributed by atoms with E-state index < -0.39 is 17.8 Å². The van der Waals surface area contributed by atoms with Crippen molar-refractivity contribution in [2.24, 2.45) is 5.92 Å². The van der Waals surface area contributed by atoms with Crippen LogP contribution in [-0.2, 0) is 11.3 Å². The molecule has 252 valence electrons. The molecule has 3 saturated heterocycles. The number of ether oxygens (including phenoxy) is 3. The molecule has 0 radical (unpaired) electrons. The Morgan fingerprint density at radius 1 is 1.10 bits per heavy atom. The van der Waals surface area contributed by atoms with Crippen LogP contribution in [0.15, 0.2) is 48.9 Å². The van der Waals surface area contributed by atoms with E-state index in [0.29, 0.717) is 47.4 Å². The zero-order valence-electron chi connectivity index (χ0n) is 26.9. The van der Waals surface area contributed by atoms with Gasteiger partial charge in [-0.25, -0.2) is 23.1 Å². The van der Waals surface area contributed by atoms with Crippen LogP contribution < -0.4 is 14.4 Å². The van der Waals surface area contributed by atoms with Crippen LogP contribution in [-0.4, -0.2) is 88.0 Å². The molecule has 3 aliphatic rings. The number of halogens is 3. The van der Waals surface area contributed by atoms with E-state index >= 15 is 8.78 Å². The van der Waals surface area contributed by atoms with Crippen LogP contribution in [0.1, 0.15) is 24.8 Å². The van der Waals surface area contributed by atoms with E-state index in [1.807, 2.05) is 16.9 Å². The first kappa shape index (κ1) is 31.3. The summed E-state index contributed by atoms with van der Waals surface area (Å²) >= 11 is 0. The summed E-state index contributed by atoms with van der Waals surface area (Å²) in [4.78, 5) is 18.1. The maximum Gasteiger partial charge on any atom is 0.317 e. The fraction of sp³-hybridized carbons (Fsp3) is 0.389. The number of alkyl halides is 1. The van der Waals surface area contributed by atoms with Crippen molar-refractivity contribution in [3.63, 3.8) is 0 Å². The molecule has 10 nitrogen and oxygen atoms in total. The van der Waals surface area contributed by atoms with Crippen LogP contribution in [0.2, 0.25) is 0 Å². The van der Waals surface area contributed by atoms with Gasteiger partial charge in [0.25, 0.3) is 0 Å². The molecule has 6 heterocycles. The van der Waals surface area contributed by atoms with Gasteiger partial charge in [-0.1, -0.05) is 12.0 Å². The van der Waals surface area contributed by atoms with Crippen molar-refractivity contribution in [1.82, 2.24) is 29.6 Å². The second kappa shape index (κ2) is 12.8. The summed E-state index contributed by atoms with van der Waals surface area (Å²) in [5.74, 6) is 1.54. The lowest BCUT2D eigenvalue weighted by atomic mass is 9.95. The van der Waals surface area contributed by atoms with Crippen molar-refractivity contribution in [2.45, 2.75) is 44.1 Å². The van der Waals surface area contributed by atoms with Gasteiger partial charge < -0.3 is 19.1 Å². The van der Waals surface area contributed by atoms with Gasteiger partial charge in [-0.05, 0) is 55.5 Å². The lowest BCUT2D eigenvalue weighted by Crippen LogP contribution is -2.50. The summed E-state index contributed by atoms with van der Waals surface area (Å²) in [6.45, 7) is 2.52. The van der Waals surface area contributed by atoms with Gasteiger partial charge in [-0.15, -0.1) is 6.42 Å². The minimum atomic E-state index is -1.02. The number of anilines is 1. The molecular weight excluding hydrogens is 635 g/mol. The largest absolute Gasteiger partial charge is 0.468 e. The maximum absolute atomic E-state index is 17.0. The van der Waals surface area contributed by atoms with E-state index in [0.717, 1.165) is 25.8 Å². The van der Waals surface area contributed by atoms with Crippen LogP contribution >= 0.6 is 0 Å². The summed E-state index contributed by atoms with van der Waals surface area (Å²) in [6.07, 6.45) is 12.7. The third-order valence-electron chi connectivity index (χ3n) is 9.98. The van der Waals surface area contributed by atoms with Gasteiger partial charge in [0.2, 0.25) is 0 Å². The molecule has 4 atom stereocenters. The highest BCUT2D eigenvalue weighted by Crippen LogP contribution is 2.42. The Balaban J connectivity index is 1.27. The van der Waals surface area contributed by atoms with E-state index in [4.69, 9.17) is 25.6 Å². The monoisotopic (exact) mass is 669 g/mol. The first-order chi connectivity index (χ1) is 23.9. The molecule has 0 spiro atoms. The molecule has 49 heavy (non-hydrogen) atoms. The predicted molar refractivity (Wildman–Crippen MR) is 177 cm³/mol. The topological polar surface area (TPSA) is 90.7 Å². The van der Waals surface area contributed by atoms with E-state index in [2.05, 4.69) is 30.8 Å². The van der Waals surface area contributed by atoms with Crippen molar-refractivity contribution < 1.29 is 27.4 Å². The Labute approximate surface area is 280 Å². The SMILES string of the molecule is C#Cc1c(F)ccc2cc(OCOC)cc(-c3nc(N4CC[C@@H]4Cn4cccn4)c4cnc(OCC5C(F)CN6CCCC56)nc4c3F)c12. The Morgan fingerprint density at radius 2 is 2.00 bits per heavy atom. The third kappa shape index (κ3) is 5.58. The van der Waals surface area contributed by atoms with Crippen LogP contribution in [0.4, 0.5) is 19.0 Å². The lowest BCUT2D eigenvalue weighted by molar-refractivity contribution is 0.0512. The second-order valence-corrected chi connectivity index (χ2v) is 12.8. The van der Waals surface area contributed by atoms with Gasteiger partial charge in [0.1, 0.15) is 34.8 Å².